The van der Waals surface area contributed by atoms with Crippen molar-refractivity contribution < 1.29 is 13.2 Å². The predicted molar refractivity (Wildman–Crippen MR) is 108 cm³/mol. The number of aryl methyl sites for hydroxylation is 1. The van der Waals surface area contributed by atoms with Gasteiger partial charge in [-0.3, -0.25) is 0 Å². The molecule has 1 N–H and O–H groups in total. The van der Waals surface area contributed by atoms with E-state index in [9.17, 15) is 13.2 Å². The van der Waals surface area contributed by atoms with Crippen molar-refractivity contribution in [1.82, 2.24) is 10.2 Å². The lowest BCUT2D eigenvalue weighted by atomic mass is 10.1. The molecule has 2 amide bonds. The van der Waals surface area contributed by atoms with Crippen molar-refractivity contribution in [3.63, 3.8) is 0 Å². The zero-order valence-corrected chi connectivity index (χ0v) is 17.2. The number of nitrogens with one attached hydrogen (secondary N) is 1. The molecular weight excluding hydrogens is 360 g/mol. The monoisotopic (exact) mass is 388 g/mol. The summed E-state index contributed by atoms with van der Waals surface area (Å²) >= 11 is 0. The zero-order valence-electron chi connectivity index (χ0n) is 16.3. The zero-order chi connectivity index (χ0) is 20.0. The molecule has 0 aromatic heterocycles. The van der Waals surface area contributed by atoms with Crippen LogP contribution in [0.4, 0.5) is 4.79 Å². The van der Waals surface area contributed by atoms with Crippen LogP contribution in [0.1, 0.15) is 37.4 Å². The van der Waals surface area contributed by atoms with Crippen LogP contribution < -0.4 is 5.32 Å². The van der Waals surface area contributed by atoms with E-state index in [0.29, 0.717) is 0 Å². The first-order valence-electron chi connectivity index (χ1n) is 9.05. The minimum Gasteiger partial charge on any atom is -0.336 e. The summed E-state index contributed by atoms with van der Waals surface area (Å²) in [5.41, 5.74) is 2.14. The number of amides is 2. The maximum absolute atomic E-state index is 12.5. The average molecular weight is 389 g/mol. The van der Waals surface area contributed by atoms with Gasteiger partial charge in [0, 0.05) is 19.3 Å². The SMILES string of the molecule is CC(CCc1ccccc1)NC(=O)N(C)C(C)c1ccc(S(C)(=O)=O)cc1. The van der Waals surface area contributed by atoms with Gasteiger partial charge in [-0.2, -0.15) is 0 Å². The Morgan fingerprint density at radius 2 is 1.63 bits per heavy atom. The molecule has 0 fully saturated rings. The van der Waals surface area contributed by atoms with Crippen molar-refractivity contribution >= 4 is 15.9 Å². The van der Waals surface area contributed by atoms with E-state index in [2.05, 4.69) is 17.4 Å². The number of urea groups is 1. The van der Waals surface area contributed by atoms with Crippen LogP contribution in [0.5, 0.6) is 0 Å². The van der Waals surface area contributed by atoms with Crippen molar-refractivity contribution in [3.8, 4) is 0 Å². The topological polar surface area (TPSA) is 66.5 Å². The predicted octanol–water partition coefficient (Wildman–Crippen LogP) is 3.81. The third-order valence-corrected chi connectivity index (χ3v) is 5.90. The highest BCUT2D eigenvalue weighted by atomic mass is 32.2. The lowest BCUT2D eigenvalue weighted by Gasteiger charge is -2.27. The molecule has 0 aliphatic carbocycles. The van der Waals surface area contributed by atoms with Gasteiger partial charge in [-0.25, -0.2) is 13.2 Å². The quantitative estimate of drug-likeness (QED) is 0.784. The van der Waals surface area contributed by atoms with E-state index in [0.717, 1.165) is 18.4 Å². The molecule has 27 heavy (non-hydrogen) atoms. The third-order valence-electron chi connectivity index (χ3n) is 4.77. The molecule has 0 saturated carbocycles. The molecular formula is C21H28N2O3S. The molecule has 6 heteroatoms. The number of hydrogen-bond acceptors (Lipinski definition) is 3. The van der Waals surface area contributed by atoms with Crippen LogP contribution in [0.15, 0.2) is 59.5 Å². The van der Waals surface area contributed by atoms with E-state index in [1.807, 2.05) is 32.0 Å². The Kier molecular flexibility index (Phi) is 7.02. The number of rotatable bonds is 7. The number of nitrogens with zero attached hydrogens (tertiary/aromatic N) is 1. The summed E-state index contributed by atoms with van der Waals surface area (Å²) in [6.45, 7) is 3.92. The first-order chi connectivity index (χ1) is 12.7. The van der Waals surface area contributed by atoms with E-state index in [1.165, 1.54) is 11.8 Å². The summed E-state index contributed by atoms with van der Waals surface area (Å²) in [5.74, 6) is 0. The lowest BCUT2D eigenvalue weighted by Crippen LogP contribution is -2.43. The minimum atomic E-state index is -3.22. The number of carbonyl (C=O) groups is 1. The van der Waals surface area contributed by atoms with E-state index in [-0.39, 0.29) is 23.0 Å². The molecule has 2 aromatic rings. The van der Waals surface area contributed by atoms with Crippen LogP contribution in [0, 0.1) is 0 Å². The molecule has 0 aliphatic heterocycles. The summed E-state index contributed by atoms with van der Waals surface area (Å²) < 4.78 is 23.1. The second-order valence-corrected chi connectivity index (χ2v) is 9.02. The van der Waals surface area contributed by atoms with E-state index in [1.54, 1.807) is 36.2 Å². The fourth-order valence-corrected chi connectivity index (χ4v) is 3.44. The highest BCUT2D eigenvalue weighted by Crippen LogP contribution is 2.21. The number of benzene rings is 2. The highest BCUT2D eigenvalue weighted by Gasteiger charge is 2.19. The van der Waals surface area contributed by atoms with Gasteiger partial charge in [0.25, 0.3) is 0 Å². The molecule has 5 nitrogen and oxygen atoms in total. The third kappa shape index (κ3) is 6.10. The van der Waals surface area contributed by atoms with E-state index in [4.69, 9.17) is 0 Å². The van der Waals surface area contributed by atoms with Gasteiger partial charge >= 0.3 is 6.03 Å². The van der Waals surface area contributed by atoms with Crippen molar-refractivity contribution in [2.75, 3.05) is 13.3 Å². The van der Waals surface area contributed by atoms with Crippen LogP contribution >= 0.6 is 0 Å². The smallest absolute Gasteiger partial charge is 0.317 e. The second-order valence-electron chi connectivity index (χ2n) is 7.00. The van der Waals surface area contributed by atoms with Gasteiger partial charge in [0.05, 0.1) is 10.9 Å². The molecule has 0 radical (unpaired) electrons. The Balaban J connectivity index is 1.91. The highest BCUT2D eigenvalue weighted by molar-refractivity contribution is 7.90. The summed E-state index contributed by atoms with van der Waals surface area (Å²) in [6, 6.07) is 16.6. The largest absolute Gasteiger partial charge is 0.336 e. The molecule has 2 atom stereocenters. The van der Waals surface area contributed by atoms with Gasteiger partial charge in [-0.15, -0.1) is 0 Å². The molecule has 0 saturated heterocycles. The van der Waals surface area contributed by atoms with Gasteiger partial charge in [0.15, 0.2) is 9.84 Å². The van der Waals surface area contributed by atoms with Gasteiger partial charge in [-0.1, -0.05) is 42.5 Å². The number of hydrogen-bond donors (Lipinski definition) is 1. The summed E-state index contributed by atoms with van der Waals surface area (Å²) in [6.07, 6.45) is 2.96. The molecule has 2 aromatic carbocycles. The summed E-state index contributed by atoms with van der Waals surface area (Å²) in [5, 5.41) is 3.03. The second kappa shape index (κ2) is 9.04. The lowest BCUT2D eigenvalue weighted by molar-refractivity contribution is 0.190. The first kappa shape index (κ1) is 21.0. The minimum absolute atomic E-state index is 0.0555. The fraction of sp³-hybridized carbons (Fsp3) is 0.381. The van der Waals surface area contributed by atoms with Crippen LogP contribution in [0.2, 0.25) is 0 Å². The maximum Gasteiger partial charge on any atom is 0.317 e. The molecule has 2 rings (SSSR count). The van der Waals surface area contributed by atoms with Gasteiger partial charge < -0.3 is 10.2 Å². The van der Waals surface area contributed by atoms with E-state index >= 15 is 0 Å². The molecule has 0 bridgehead atoms. The molecule has 0 spiro atoms. The van der Waals surface area contributed by atoms with Crippen LogP contribution in [0.25, 0.3) is 0 Å². The van der Waals surface area contributed by atoms with Gasteiger partial charge in [0.1, 0.15) is 0 Å². The molecule has 146 valence electrons. The Bertz CT molecular complexity index is 849. The average Bonchev–Trinajstić information content (AvgIpc) is 2.65. The normalized spacial score (nSPS) is 13.6. The Morgan fingerprint density at radius 1 is 1.04 bits per heavy atom. The van der Waals surface area contributed by atoms with Crippen molar-refractivity contribution in [3.05, 3.63) is 65.7 Å². The standard InChI is InChI=1S/C21H28N2O3S/c1-16(10-11-18-8-6-5-7-9-18)22-21(24)23(3)17(2)19-12-14-20(15-13-19)27(4,25)26/h5-9,12-17H,10-11H2,1-4H3,(H,22,24). The van der Waals surface area contributed by atoms with Crippen molar-refractivity contribution in [2.45, 2.75) is 43.7 Å². The summed E-state index contributed by atoms with van der Waals surface area (Å²) in [7, 11) is -1.48. The van der Waals surface area contributed by atoms with Crippen molar-refractivity contribution in [1.29, 1.82) is 0 Å². The Morgan fingerprint density at radius 3 is 2.19 bits per heavy atom. The summed E-state index contributed by atoms with van der Waals surface area (Å²) in [4.78, 5) is 14.4. The number of sulfone groups is 1. The maximum atomic E-state index is 12.5. The molecule has 0 aliphatic rings. The van der Waals surface area contributed by atoms with E-state index < -0.39 is 9.84 Å². The molecule has 2 unspecified atom stereocenters. The molecule has 0 heterocycles. The van der Waals surface area contributed by atoms with Crippen LogP contribution in [-0.4, -0.2) is 38.7 Å². The Labute approximate surface area is 162 Å². The van der Waals surface area contributed by atoms with Crippen LogP contribution in [0.3, 0.4) is 0 Å². The Hall–Kier alpha value is -2.34. The van der Waals surface area contributed by atoms with Gasteiger partial charge in [-0.05, 0) is 49.9 Å². The van der Waals surface area contributed by atoms with Crippen LogP contribution in [-0.2, 0) is 16.3 Å². The van der Waals surface area contributed by atoms with Crippen molar-refractivity contribution in [2.24, 2.45) is 0 Å². The van der Waals surface area contributed by atoms with Gasteiger partial charge in [0.2, 0.25) is 0 Å². The number of carbonyl (C=O) groups excluding carboxylic acids is 1. The fourth-order valence-electron chi connectivity index (χ4n) is 2.81. The first-order valence-corrected chi connectivity index (χ1v) is 10.9.